The first kappa shape index (κ1) is 13.6. The Labute approximate surface area is 110 Å². The largest absolute Gasteiger partial charge is 0.311 e. The summed E-state index contributed by atoms with van der Waals surface area (Å²) in [5.74, 6) is -0.742. The summed E-state index contributed by atoms with van der Waals surface area (Å²) < 4.78 is 27.8. The number of nitrogens with one attached hydrogen (secondary N) is 1. The Kier molecular flexibility index (Phi) is 4.21. The van der Waals surface area contributed by atoms with E-state index in [1.807, 2.05) is 0 Å². The molecule has 0 fully saturated rings. The first-order valence-electron chi connectivity index (χ1n) is 6.13. The molecule has 0 unspecified atom stereocenters. The first-order chi connectivity index (χ1) is 9.06. The molecule has 1 N–H and O–H groups in total. The van der Waals surface area contributed by atoms with Gasteiger partial charge in [-0.3, -0.25) is 0 Å². The maximum Gasteiger partial charge on any atom is 0.128 e. The van der Waals surface area contributed by atoms with Gasteiger partial charge in [0.15, 0.2) is 0 Å². The third kappa shape index (κ3) is 3.57. The van der Waals surface area contributed by atoms with E-state index in [-0.39, 0.29) is 0 Å². The molecular weight excluding hydrogens is 250 g/mol. The molecule has 0 radical (unpaired) electrons. The zero-order valence-corrected chi connectivity index (χ0v) is 10.9. The van der Waals surface area contributed by atoms with Crippen LogP contribution in [0.3, 0.4) is 0 Å². The van der Waals surface area contributed by atoms with Crippen molar-refractivity contribution in [2.24, 2.45) is 5.92 Å². The Morgan fingerprint density at radius 1 is 1.21 bits per heavy atom. The van der Waals surface area contributed by atoms with Crippen LogP contribution in [0.5, 0.6) is 0 Å². The molecule has 19 heavy (non-hydrogen) atoms. The highest BCUT2D eigenvalue weighted by atomic mass is 19.1. The summed E-state index contributed by atoms with van der Waals surface area (Å²) in [6.45, 7) is 5.60. The second-order valence-corrected chi connectivity index (χ2v) is 4.79. The molecule has 0 aliphatic heterocycles. The number of benzene rings is 1. The summed E-state index contributed by atoms with van der Waals surface area (Å²) >= 11 is 0. The van der Waals surface area contributed by atoms with Crippen molar-refractivity contribution in [3.05, 3.63) is 41.7 Å². The number of aromatic nitrogens is 3. The maximum atomic E-state index is 13.2. The number of rotatable bonds is 5. The van der Waals surface area contributed by atoms with Gasteiger partial charge in [0.05, 0.1) is 17.6 Å². The first-order valence-corrected chi connectivity index (χ1v) is 6.13. The molecule has 6 heteroatoms. The number of hydrogen-bond acceptors (Lipinski definition) is 3. The van der Waals surface area contributed by atoms with E-state index >= 15 is 0 Å². The molecule has 0 saturated carbocycles. The summed E-state index contributed by atoms with van der Waals surface area (Å²) in [4.78, 5) is 0. The Bertz CT molecular complexity index is 531. The van der Waals surface area contributed by atoms with E-state index in [1.54, 1.807) is 6.20 Å². The predicted molar refractivity (Wildman–Crippen MR) is 67.8 cm³/mol. The number of nitrogens with zero attached hydrogens (tertiary/aromatic N) is 3. The second-order valence-electron chi connectivity index (χ2n) is 4.79. The standard InChI is InChI=1S/C13H16F2N4/c1-9(2)6-16-7-13-8-17-18-19(13)12-4-10(14)3-11(15)5-12/h3-5,8-9,16H,6-7H2,1-2H3. The zero-order chi connectivity index (χ0) is 13.8. The monoisotopic (exact) mass is 266 g/mol. The van der Waals surface area contributed by atoms with Crippen LogP contribution < -0.4 is 5.32 Å². The molecule has 0 saturated heterocycles. The summed E-state index contributed by atoms with van der Waals surface area (Å²) in [5, 5.41) is 10.9. The summed E-state index contributed by atoms with van der Waals surface area (Å²) in [6, 6.07) is 3.28. The van der Waals surface area contributed by atoms with Gasteiger partial charge < -0.3 is 5.32 Å². The topological polar surface area (TPSA) is 42.7 Å². The highest BCUT2D eigenvalue weighted by Crippen LogP contribution is 2.13. The molecular formula is C13H16F2N4. The van der Waals surface area contributed by atoms with Gasteiger partial charge in [-0.05, 0) is 24.6 Å². The fourth-order valence-corrected chi connectivity index (χ4v) is 1.74. The lowest BCUT2D eigenvalue weighted by molar-refractivity contribution is 0.540. The van der Waals surface area contributed by atoms with Crippen LogP contribution in [-0.2, 0) is 6.54 Å². The van der Waals surface area contributed by atoms with Gasteiger partial charge in [-0.1, -0.05) is 19.1 Å². The van der Waals surface area contributed by atoms with Crippen LogP contribution in [0.1, 0.15) is 19.5 Å². The lowest BCUT2D eigenvalue weighted by atomic mass is 10.2. The van der Waals surface area contributed by atoms with E-state index in [4.69, 9.17) is 0 Å². The van der Waals surface area contributed by atoms with Crippen LogP contribution >= 0.6 is 0 Å². The van der Waals surface area contributed by atoms with Crippen LogP contribution in [0.25, 0.3) is 5.69 Å². The van der Waals surface area contributed by atoms with Gasteiger partial charge in [0.2, 0.25) is 0 Å². The molecule has 0 spiro atoms. The van der Waals surface area contributed by atoms with Gasteiger partial charge in [-0.2, -0.15) is 0 Å². The van der Waals surface area contributed by atoms with Crippen molar-refractivity contribution < 1.29 is 8.78 Å². The number of halogens is 2. The van der Waals surface area contributed by atoms with E-state index in [2.05, 4.69) is 29.5 Å². The molecule has 0 aliphatic rings. The van der Waals surface area contributed by atoms with Gasteiger partial charge in [0.1, 0.15) is 11.6 Å². The van der Waals surface area contributed by atoms with E-state index in [1.165, 1.54) is 16.8 Å². The summed E-state index contributed by atoms with van der Waals surface area (Å²) in [5.41, 5.74) is 1.09. The van der Waals surface area contributed by atoms with Crippen LogP contribution in [0.2, 0.25) is 0 Å². The lowest BCUT2D eigenvalue weighted by Crippen LogP contribution is -2.20. The molecule has 2 aromatic rings. The van der Waals surface area contributed by atoms with Crippen LogP contribution in [0, 0.1) is 17.6 Å². The van der Waals surface area contributed by atoms with Crippen molar-refractivity contribution in [1.29, 1.82) is 0 Å². The molecule has 2 rings (SSSR count). The van der Waals surface area contributed by atoms with Gasteiger partial charge in [-0.15, -0.1) is 5.10 Å². The van der Waals surface area contributed by atoms with Crippen molar-refractivity contribution in [1.82, 2.24) is 20.3 Å². The van der Waals surface area contributed by atoms with Crippen molar-refractivity contribution in [2.45, 2.75) is 20.4 Å². The van der Waals surface area contributed by atoms with E-state index in [0.29, 0.717) is 18.2 Å². The average Bonchev–Trinajstić information content (AvgIpc) is 2.75. The van der Waals surface area contributed by atoms with Crippen molar-refractivity contribution in [2.75, 3.05) is 6.54 Å². The van der Waals surface area contributed by atoms with Gasteiger partial charge in [0.25, 0.3) is 0 Å². The molecule has 1 aromatic carbocycles. The molecule has 102 valence electrons. The van der Waals surface area contributed by atoms with Crippen molar-refractivity contribution >= 4 is 0 Å². The summed E-state index contributed by atoms with van der Waals surface area (Å²) in [7, 11) is 0. The highest BCUT2D eigenvalue weighted by molar-refractivity contribution is 5.33. The Morgan fingerprint density at radius 2 is 1.89 bits per heavy atom. The smallest absolute Gasteiger partial charge is 0.128 e. The maximum absolute atomic E-state index is 13.2. The van der Waals surface area contributed by atoms with Gasteiger partial charge in [-0.25, -0.2) is 13.5 Å². The fourth-order valence-electron chi connectivity index (χ4n) is 1.74. The van der Waals surface area contributed by atoms with E-state index in [9.17, 15) is 8.78 Å². The Morgan fingerprint density at radius 3 is 2.53 bits per heavy atom. The Hall–Kier alpha value is -1.82. The van der Waals surface area contributed by atoms with E-state index < -0.39 is 11.6 Å². The Balaban J connectivity index is 2.18. The molecule has 0 atom stereocenters. The number of hydrogen-bond donors (Lipinski definition) is 1. The van der Waals surface area contributed by atoms with E-state index in [0.717, 1.165) is 18.3 Å². The third-order valence-electron chi connectivity index (χ3n) is 2.57. The molecule has 0 bridgehead atoms. The molecule has 0 amide bonds. The summed E-state index contributed by atoms with van der Waals surface area (Å²) in [6.07, 6.45) is 1.58. The molecule has 4 nitrogen and oxygen atoms in total. The average molecular weight is 266 g/mol. The molecule has 1 aromatic heterocycles. The molecule has 0 aliphatic carbocycles. The van der Waals surface area contributed by atoms with Crippen molar-refractivity contribution in [3.8, 4) is 5.69 Å². The predicted octanol–water partition coefficient (Wildman–Crippen LogP) is 2.29. The van der Waals surface area contributed by atoms with Crippen LogP contribution in [0.4, 0.5) is 8.78 Å². The third-order valence-corrected chi connectivity index (χ3v) is 2.57. The minimum Gasteiger partial charge on any atom is -0.311 e. The molecule has 1 heterocycles. The quantitative estimate of drug-likeness (QED) is 0.903. The van der Waals surface area contributed by atoms with Gasteiger partial charge >= 0.3 is 0 Å². The van der Waals surface area contributed by atoms with Crippen LogP contribution in [0.15, 0.2) is 24.4 Å². The normalized spacial score (nSPS) is 11.2. The highest BCUT2D eigenvalue weighted by Gasteiger charge is 2.09. The van der Waals surface area contributed by atoms with Crippen molar-refractivity contribution in [3.63, 3.8) is 0 Å². The second kappa shape index (κ2) is 5.88. The zero-order valence-electron chi connectivity index (χ0n) is 10.9. The minimum atomic E-state index is -0.633. The minimum absolute atomic E-state index is 0.330. The lowest BCUT2D eigenvalue weighted by Gasteiger charge is -2.09. The SMILES string of the molecule is CC(C)CNCc1cnnn1-c1cc(F)cc(F)c1. The van der Waals surface area contributed by atoms with Gasteiger partial charge in [0, 0.05) is 12.6 Å². The fraction of sp³-hybridized carbons (Fsp3) is 0.385. The van der Waals surface area contributed by atoms with Crippen LogP contribution in [-0.4, -0.2) is 21.5 Å².